The normalized spacial score (nSPS) is 11.1. The number of carbonyl (C=O) groups is 1. The maximum Gasteiger partial charge on any atom is 0.201 e. The Labute approximate surface area is 131 Å². The highest BCUT2D eigenvalue weighted by molar-refractivity contribution is 6.31. The van der Waals surface area contributed by atoms with Crippen molar-refractivity contribution in [1.82, 2.24) is 14.6 Å². The number of fused-ring (bicyclic) bond motifs is 3. The Morgan fingerprint density at radius 1 is 1.00 bits per heavy atom. The van der Waals surface area contributed by atoms with E-state index in [-0.39, 0.29) is 5.82 Å². The number of halogens is 1. The topological polar surface area (TPSA) is 47.3 Å². The summed E-state index contributed by atoms with van der Waals surface area (Å²) in [6.45, 7) is 0. The lowest BCUT2D eigenvalue weighted by atomic mass is 10.0. The molecule has 4 aromatic rings. The molecule has 0 aliphatic carbocycles. The molecule has 2 aromatic heterocycles. The highest BCUT2D eigenvalue weighted by Gasteiger charge is 2.13. The molecule has 0 amide bonds. The fraction of sp³-hybridized carbons (Fsp3) is 0. The van der Waals surface area contributed by atoms with E-state index in [1.165, 1.54) is 0 Å². The lowest BCUT2D eigenvalue weighted by Crippen LogP contribution is -1.96. The summed E-state index contributed by atoms with van der Waals surface area (Å²) in [4.78, 5) is 11.2. The third kappa shape index (κ3) is 1.89. The molecule has 0 radical (unpaired) electrons. The molecular formula is C17H10ClN3O. The summed E-state index contributed by atoms with van der Waals surface area (Å²) in [5.74, 6) is 0.280. The van der Waals surface area contributed by atoms with E-state index >= 15 is 0 Å². The van der Waals surface area contributed by atoms with Crippen molar-refractivity contribution in [3.8, 4) is 11.1 Å². The molecular weight excluding hydrogens is 298 g/mol. The Kier molecular flexibility index (Phi) is 2.91. The number of hydrogen-bond donors (Lipinski definition) is 0. The number of aldehydes is 1. The Morgan fingerprint density at radius 2 is 1.82 bits per heavy atom. The molecule has 0 fully saturated rings. The number of rotatable bonds is 2. The minimum atomic E-state index is 0.280. The lowest BCUT2D eigenvalue weighted by molar-refractivity contribution is 0.111. The highest BCUT2D eigenvalue weighted by atomic mass is 35.5. The molecule has 2 aromatic carbocycles. The molecule has 22 heavy (non-hydrogen) atoms. The van der Waals surface area contributed by atoms with Crippen LogP contribution in [-0.2, 0) is 0 Å². The van der Waals surface area contributed by atoms with Gasteiger partial charge >= 0.3 is 0 Å². The summed E-state index contributed by atoms with van der Waals surface area (Å²) in [6, 6.07) is 17.5. The molecule has 0 aliphatic heterocycles. The van der Waals surface area contributed by atoms with Gasteiger partial charge in [-0.1, -0.05) is 41.9 Å². The number of benzene rings is 2. The molecule has 106 valence electrons. The second-order valence-corrected chi connectivity index (χ2v) is 5.39. The Balaban J connectivity index is 2.20. The van der Waals surface area contributed by atoms with Crippen molar-refractivity contribution in [2.75, 3.05) is 0 Å². The van der Waals surface area contributed by atoms with Crippen LogP contribution in [0.25, 0.3) is 27.7 Å². The fourth-order valence-corrected chi connectivity index (χ4v) is 2.88. The molecule has 4 rings (SSSR count). The molecule has 4 nitrogen and oxygen atoms in total. The average molecular weight is 308 g/mol. The van der Waals surface area contributed by atoms with Crippen LogP contribution in [-0.4, -0.2) is 20.9 Å². The smallest absolute Gasteiger partial charge is 0.201 e. The molecule has 0 unspecified atom stereocenters. The van der Waals surface area contributed by atoms with Gasteiger partial charge in [0.1, 0.15) is 0 Å². The van der Waals surface area contributed by atoms with Gasteiger partial charge in [0, 0.05) is 10.4 Å². The second kappa shape index (κ2) is 4.93. The predicted octanol–water partition coefficient (Wildman–Crippen LogP) is 4.02. The maximum atomic E-state index is 11.2. The third-order valence-electron chi connectivity index (χ3n) is 3.67. The van der Waals surface area contributed by atoms with Crippen LogP contribution < -0.4 is 0 Å². The van der Waals surface area contributed by atoms with Crippen molar-refractivity contribution < 1.29 is 4.79 Å². The van der Waals surface area contributed by atoms with Crippen molar-refractivity contribution in [3.63, 3.8) is 0 Å². The molecule has 0 saturated carbocycles. The Hall–Kier alpha value is -2.72. The van der Waals surface area contributed by atoms with Gasteiger partial charge < -0.3 is 0 Å². The molecule has 0 bridgehead atoms. The van der Waals surface area contributed by atoms with E-state index in [1.54, 1.807) is 10.5 Å². The first-order valence-corrected chi connectivity index (χ1v) is 7.14. The van der Waals surface area contributed by atoms with E-state index in [0.717, 1.165) is 22.0 Å². The number of nitrogens with zero attached hydrogens (tertiary/aromatic N) is 3. The van der Waals surface area contributed by atoms with Crippen LogP contribution >= 0.6 is 11.6 Å². The van der Waals surface area contributed by atoms with Crippen molar-refractivity contribution in [3.05, 3.63) is 65.4 Å². The van der Waals surface area contributed by atoms with Crippen LogP contribution in [0.15, 0.2) is 54.6 Å². The van der Waals surface area contributed by atoms with Gasteiger partial charge in [0.15, 0.2) is 11.9 Å². The van der Waals surface area contributed by atoms with Gasteiger partial charge in [0.05, 0.1) is 5.52 Å². The first kappa shape index (κ1) is 13.0. The standard InChI is InChI=1S/C17H10ClN3O/c18-12-6-7-15-14(8-12)13(11-4-2-1-3-5-11)9-16-19-20-17(10-22)21(15)16/h1-10H. The van der Waals surface area contributed by atoms with Crippen LogP contribution in [0.2, 0.25) is 5.02 Å². The number of carbonyl (C=O) groups excluding carboxylic acids is 1. The quantitative estimate of drug-likeness (QED) is 0.526. The van der Waals surface area contributed by atoms with Crippen LogP contribution in [0.4, 0.5) is 0 Å². The monoisotopic (exact) mass is 307 g/mol. The van der Waals surface area contributed by atoms with Crippen LogP contribution in [0.5, 0.6) is 0 Å². The molecule has 5 heteroatoms. The number of hydrogen-bond acceptors (Lipinski definition) is 3. The summed E-state index contributed by atoms with van der Waals surface area (Å²) in [5.41, 5.74) is 3.56. The molecule has 0 saturated heterocycles. The van der Waals surface area contributed by atoms with Gasteiger partial charge in [-0.15, -0.1) is 10.2 Å². The van der Waals surface area contributed by atoms with Gasteiger partial charge in [-0.2, -0.15) is 0 Å². The van der Waals surface area contributed by atoms with Crippen molar-refractivity contribution in [2.45, 2.75) is 0 Å². The lowest BCUT2D eigenvalue weighted by Gasteiger charge is -2.10. The van der Waals surface area contributed by atoms with Gasteiger partial charge in [0.25, 0.3) is 0 Å². The summed E-state index contributed by atoms with van der Waals surface area (Å²) in [7, 11) is 0. The largest absolute Gasteiger partial charge is 0.294 e. The first-order chi connectivity index (χ1) is 10.8. The van der Waals surface area contributed by atoms with E-state index in [4.69, 9.17) is 11.6 Å². The first-order valence-electron chi connectivity index (χ1n) is 6.76. The molecule has 0 aliphatic rings. The van der Waals surface area contributed by atoms with Crippen LogP contribution in [0, 0.1) is 0 Å². The minimum Gasteiger partial charge on any atom is -0.294 e. The zero-order valence-corrected chi connectivity index (χ0v) is 12.2. The third-order valence-corrected chi connectivity index (χ3v) is 3.90. The van der Waals surface area contributed by atoms with Crippen molar-refractivity contribution in [2.24, 2.45) is 0 Å². The molecule has 0 N–H and O–H groups in total. The minimum absolute atomic E-state index is 0.280. The number of pyridine rings is 1. The van der Waals surface area contributed by atoms with Crippen molar-refractivity contribution in [1.29, 1.82) is 0 Å². The van der Waals surface area contributed by atoms with E-state index in [1.807, 2.05) is 48.5 Å². The summed E-state index contributed by atoms with van der Waals surface area (Å²) in [6.07, 6.45) is 0.705. The zero-order valence-electron chi connectivity index (χ0n) is 11.4. The SMILES string of the molecule is O=Cc1nnc2cc(-c3ccccc3)c3cc(Cl)ccc3n12. The summed E-state index contributed by atoms with van der Waals surface area (Å²) >= 11 is 6.17. The van der Waals surface area contributed by atoms with Gasteiger partial charge in [-0.05, 0) is 35.4 Å². The molecule has 0 atom stereocenters. The van der Waals surface area contributed by atoms with Crippen LogP contribution in [0.3, 0.4) is 0 Å². The van der Waals surface area contributed by atoms with Crippen LogP contribution in [0.1, 0.15) is 10.6 Å². The summed E-state index contributed by atoms with van der Waals surface area (Å²) < 4.78 is 1.74. The van der Waals surface area contributed by atoms with E-state index in [0.29, 0.717) is 17.0 Å². The number of aromatic nitrogens is 3. The summed E-state index contributed by atoms with van der Waals surface area (Å²) in [5, 5.41) is 9.63. The molecule has 0 spiro atoms. The van der Waals surface area contributed by atoms with E-state index < -0.39 is 0 Å². The second-order valence-electron chi connectivity index (χ2n) is 4.96. The average Bonchev–Trinajstić information content (AvgIpc) is 2.98. The van der Waals surface area contributed by atoms with Gasteiger partial charge in [-0.3, -0.25) is 9.20 Å². The fourth-order valence-electron chi connectivity index (χ4n) is 2.71. The van der Waals surface area contributed by atoms with Crippen molar-refractivity contribution >= 4 is 34.4 Å². The predicted molar refractivity (Wildman–Crippen MR) is 86.3 cm³/mol. The van der Waals surface area contributed by atoms with Gasteiger partial charge in [-0.25, -0.2) is 0 Å². The molecule has 2 heterocycles. The Bertz CT molecular complexity index is 1010. The van der Waals surface area contributed by atoms with Gasteiger partial charge in [0.2, 0.25) is 5.82 Å². The Morgan fingerprint density at radius 3 is 2.59 bits per heavy atom. The highest BCUT2D eigenvalue weighted by Crippen LogP contribution is 2.32. The van der Waals surface area contributed by atoms with E-state index in [9.17, 15) is 4.79 Å². The van der Waals surface area contributed by atoms with E-state index in [2.05, 4.69) is 10.2 Å². The zero-order chi connectivity index (χ0) is 15.1. The maximum absolute atomic E-state index is 11.2.